The van der Waals surface area contributed by atoms with Crippen LogP contribution in [0.25, 0.3) is 62.7 Å². The minimum absolute atomic E-state index is 0.0510. The number of carbonyl (C=O) groups is 4. The maximum Gasteiger partial charge on any atom is 0.335 e. The number of hydrogen-bond acceptors (Lipinski definition) is 29. The summed E-state index contributed by atoms with van der Waals surface area (Å²) in [5.41, 5.74) is 47.9. The topological polar surface area (TPSA) is 620 Å². The minimum Gasteiger partial charge on any atom is -0.487 e. The van der Waals surface area contributed by atoms with Gasteiger partial charge in [0.2, 0.25) is 11.5 Å². The van der Waals surface area contributed by atoms with Crippen LogP contribution in [0.1, 0.15) is 80.0 Å². The summed E-state index contributed by atoms with van der Waals surface area (Å²) < 4.78 is 101. The first-order chi connectivity index (χ1) is 52.6. The zero-order chi connectivity index (χ0) is 79.2. The van der Waals surface area contributed by atoms with Gasteiger partial charge in [0.25, 0.3) is 5.91 Å². The van der Waals surface area contributed by atoms with Gasteiger partial charge >= 0.3 is 17.9 Å². The number of aliphatic carboxylic acids is 1. The first kappa shape index (κ1) is 96.5. The van der Waals surface area contributed by atoms with Crippen LogP contribution in [0.3, 0.4) is 0 Å². The highest BCUT2D eigenvalue weighted by Gasteiger charge is 2.51. The van der Waals surface area contributed by atoms with E-state index in [4.69, 9.17) is 124 Å². The molecular weight excluding hydrogens is 1440 g/mol. The Balaban J connectivity index is 0.000000821. The molecule has 5 N–H and O–H groups in total. The summed E-state index contributed by atoms with van der Waals surface area (Å²) in [5.74, 6) is -2.83. The molecule has 1 amide bonds. The molecule has 1 aliphatic carbocycles. The van der Waals surface area contributed by atoms with Crippen molar-refractivity contribution < 1.29 is 125 Å². The third-order valence-corrected chi connectivity index (χ3v) is 13.4. The molecule has 1 saturated carbocycles. The molecular formula is C63H101N19O26. The van der Waals surface area contributed by atoms with E-state index in [9.17, 15) is 34.5 Å². The number of rotatable bonds is 66. The summed E-state index contributed by atoms with van der Waals surface area (Å²) in [6.07, 6.45) is -0.409. The van der Waals surface area contributed by atoms with Crippen LogP contribution in [0.5, 0.6) is 34.5 Å². The number of nitrogens with zero attached hydrogens (tertiary/aromatic N) is 18. The number of hydrogen-bond donors (Lipinski definition) is 5. The van der Waals surface area contributed by atoms with E-state index in [2.05, 4.69) is 65.5 Å². The quantitative estimate of drug-likeness (QED) is 0.0179. The number of nitrogens with one attached hydrogen (secondary N) is 1. The fourth-order valence-electron chi connectivity index (χ4n) is 8.75. The maximum atomic E-state index is 12.9. The Morgan fingerprint density at radius 1 is 0.389 bits per heavy atom. The molecule has 1 fully saturated rings. The lowest BCUT2D eigenvalue weighted by atomic mass is 9.78. The second kappa shape index (κ2) is 66.9. The van der Waals surface area contributed by atoms with E-state index < -0.39 is 47.7 Å². The van der Waals surface area contributed by atoms with E-state index in [-0.39, 0.29) is 232 Å². The summed E-state index contributed by atoms with van der Waals surface area (Å²) in [7, 11) is 0. The number of ether oxygens (including phenoxy) is 18. The highest BCUT2D eigenvalue weighted by molar-refractivity contribution is 5.90. The summed E-state index contributed by atoms with van der Waals surface area (Å²) >= 11 is 0. The molecule has 3 rings (SSSR count). The van der Waals surface area contributed by atoms with Crippen LogP contribution in [0.2, 0.25) is 0 Å². The number of benzene rings is 2. The zero-order valence-electron chi connectivity index (χ0n) is 61.1. The number of carbonyl (C=O) groups excluding carboxylic acids is 1. The largest absolute Gasteiger partial charge is 0.487 e. The zero-order valence-corrected chi connectivity index (χ0v) is 61.1. The van der Waals surface area contributed by atoms with E-state index in [0.717, 1.165) is 19.3 Å². The number of aliphatic hydroxyl groups is 1. The van der Waals surface area contributed by atoms with Crippen molar-refractivity contribution in [3.8, 4) is 34.5 Å². The molecule has 2 unspecified atom stereocenters. The molecule has 45 nitrogen and oxygen atoms in total. The van der Waals surface area contributed by atoms with Crippen molar-refractivity contribution in [1.29, 1.82) is 0 Å². The number of carboxylic acids is 3. The normalized spacial score (nSPS) is 14.6. The average Bonchev–Trinajstić information content (AvgIpc) is 0.784. The molecule has 1 aliphatic rings. The molecule has 108 heavy (non-hydrogen) atoms. The van der Waals surface area contributed by atoms with Crippen LogP contribution in [0, 0.1) is 0 Å². The molecule has 0 aromatic heterocycles. The molecule has 2 aromatic rings. The number of aromatic carboxylic acids is 2. The van der Waals surface area contributed by atoms with Gasteiger partial charge in [-0.05, 0) is 76.7 Å². The van der Waals surface area contributed by atoms with Crippen molar-refractivity contribution >= 4 is 23.8 Å². The van der Waals surface area contributed by atoms with Crippen molar-refractivity contribution in [3.05, 3.63) is 98.0 Å². The summed E-state index contributed by atoms with van der Waals surface area (Å²) in [4.78, 5) is 62.8. The Labute approximate surface area is 622 Å². The maximum absolute atomic E-state index is 12.9. The van der Waals surface area contributed by atoms with E-state index in [1.807, 2.05) is 20.8 Å². The molecule has 2 aromatic carbocycles. The molecule has 604 valence electrons. The molecule has 0 heterocycles. The van der Waals surface area contributed by atoms with Gasteiger partial charge in [0.05, 0.1) is 149 Å². The van der Waals surface area contributed by atoms with Crippen molar-refractivity contribution in [2.45, 2.75) is 83.2 Å². The minimum atomic E-state index is -1.97. The fraction of sp³-hybridized carbons (Fsp3) is 0.746. The Morgan fingerprint density at radius 2 is 0.648 bits per heavy atom. The molecule has 0 saturated heterocycles. The van der Waals surface area contributed by atoms with Gasteiger partial charge < -0.3 is 111 Å². The molecule has 2 atom stereocenters. The molecule has 45 heteroatoms. The first-order valence-corrected chi connectivity index (χ1v) is 34.6. The Bertz CT molecular complexity index is 2990. The van der Waals surface area contributed by atoms with Gasteiger partial charge in [-0.2, -0.15) is 0 Å². The van der Waals surface area contributed by atoms with Crippen LogP contribution in [0.4, 0.5) is 0 Å². The van der Waals surface area contributed by atoms with Crippen molar-refractivity contribution in [2.24, 2.45) is 30.7 Å². The van der Waals surface area contributed by atoms with Crippen molar-refractivity contribution in [2.75, 3.05) is 224 Å². The van der Waals surface area contributed by atoms with Crippen LogP contribution in [0.15, 0.2) is 55.0 Å². The van der Waals surface area contributed by atoms with Gasteiger partial charge in [-0.3, -0.25) is 9.59 Å². The third-order valence-electron chi connectivity index (χ3n) is 13.4. The van der Waals surface area contributed by atoms with Gasteiger partial charge in [0, 0.05) is 108 Å². The predicted molar refractivity (Wildman–Crippen MR) is 381 cm³/mol. The van der Waals surface area contributed by atoms with Gasteiger partial charge in [-0.1, -0.05) is 51.5 Å². The van der Waals surface area contributed by atoms with E-state index in [1.54, 1.807) is 0 Å². The molecule has 0 radical (unpaired) electrons. The van der Waals surface area contributed by atoms with Crippen molar-refractivity contribution in [1.82, 2.24) is 5.32 Å². The molecule has 0 bridgehead atoms. The van der Waals surface area contributed by atoms with Crippen LogP contribution in [-0.2, 0) is 66.4 Å². The van der Waals surface area contributed by atoms with Crippen LogP contribution in [-0.4, -0.2) is 292 Å². The Hall–Kier alpha value is -9.54. The van der Waals surface area contributed by atoms with Crippen LogP contribution >= 0.6 is 0 Å². The molecule has 0 aliphatic heterocycles. The monoisotopic (exact) mass is 1540 g/mol. The Kier molecular flexibility index (Phi) is 59.7. The summed E-state index contributed by atoms with van der Waals surface area (Å²) in [6, 6.07) is 5.46. The highest BCUT2D eigenvalue weighted by Crippen LogP contribution is 2.41. The van der Waals surface area contributed by atoms with Gasteiger partial charge in [0.15, 0.2) is 23.0 Å². The van der Waals surface area contributed by atoms with E-state index in [1.165, 1.54) is 24.3 Å². The highest BCUT2D eigenvalue weighted by atomic mass is 16.6. The smallest absolute Gasteiger partial charge is 0.335 e. The van der Waals surface area contributed by atoms with Gasteiger partial charge in [-0.15, -0.1) is 0 Å². The predicted octanol–water partition coefficient (Wildman–Crippen LogP) is 8.54. The second-order valence-electron chi connectivity index (χ2n) is 21.5. The lowest BCUT2D eigenvalue weighted by Crippen LogP contribution is -2.61. The fourth-order valence-corrected chi connectivity index (χ4v) is 8.75. The van der Waals surface area contributed by atoms with Gasteiger partial charge in [0.1, 0.15) is 51.3 Å². The van der Waals surface area contributed by atoms with E-state index >= 15 is 0 Å². The number of carboxylic acid groups (broad SMARTS) is 3. The average molecular weight is 1540 g/mol. The van der Waals surface area contributed by atoms with Crippen LogP contribution < -0.4 is 33.7 Å². The lowest BCUT2D eigenvalue weighted by Gasteiger charge is -2.44. The molecule has 0 spiro atoms. The van der Waals surface area contributed by atoms with Crippen molar-refractivity contribution in [3.63, 3.8) is 0 Å². The summed E-state index contributed by atoms with van der Waals surface area (Å²) in [6.45, 7) is 13.2. The number of amides is 1. The second-order valence-corrected chi connectivity index (χ2v) is 21.5. The first-order valence-electron chi connectivity index (χ1n) is 34.6. The lowest BCUT2D eigenvalue weighted by molar-refractivity contribution is -0.210. The third kappa shape index (κ3) is 47.9. The SMILES string of the molecule is CCCOCCOc1cc(C(=O)O)cc(OCCOCCC)c1OCCOCCC.[N-]=[N+]=NCCOCCOC1CC(O)(C(=O)NCCC(=O)O)CC(OCCOCCN=[N+]=[N-])C1OCCOCCN=[N+]=[N-].[N-]=[N+]=NCCOCCOc1cc(C(=O)O)cc(OCCOCCN=[N+]=[N-])c1OCCOCCN=[N+]=[N-]. The Morgan fingerprint density at radius 3 is 0.907 bits per heavy atom. The van der Waals surface area contributed by atoms with E-state index in [0.29, 0.717) is 56.9 Å². The number of azide groups is 6. The summed E-state index contributed by atoms with van der Waals surface area (Å²) in [5, 5.41) is 61.8. The van der Waals surface area contributed by atoms with Gasteiger partial charge in [-0.25, -0.2) is 9.59 Å². The standard InChI is InChI=1S/C22H38N10O10.C22H36O8.C19H27N9O8/c23-30-27-3-6-37-9-12-40-17-15-22(36,21(35)26-2-1-19(33)34)16-18(41-13-10-38-7-4-28-31-24)20(17)42-14-11-39-8-5-29-32-25;1-4-7-25-10-13-28-19-16-18(22(23)24)17-20(29-14-11-26-8-5-2)21(19)30-15-12-27-9-6-3;20-26-23-1-4-31-7-10-34-16-13-15(19(29)30)14-17(35-11-8-32-5-2-24-27-21)18(16)36-12-9-33-6-3-25-28-22/h17-18,20,36H,1-16H2,(H,26,35)(H,33,34);16-17H,4-15H2,1-3H3,(H,23,24);13-14H,1-12H2,(H,29,30).